The fourth-order valence-electron chi connectivity index (χ4n) is 3.77. The van der Waals surface area contributed by atoms with Crippen molar-refractivity contribution >= 4 is 23.2 Å². The van der Waals surface area contributed by atoms with E-state index in [1.165, 1.54) is 23.5 Å². The summed E-state index contributed by atoms with van der Waals surface area (Å²) in [6, 6.07) is 5.24. The Morgan fingerprint density at radius 2 is 2.00 bits per heavy atom. The van der Waals surface area contributed by atoms with Crippen LogP contribution < -0.4 is 5.32 Å². The third-order valence-electron chi connectivity index (χ3n) is 5.43. The molecule has 1 saturated heterocycles. The Hall–Kier alpha value is -2.32. The SMILES string of the molecule is O=C(NCc1ccc(F)cc1F)C1CCc2sc(C(=O)N3CCOCC3)cc2C1. The molecule has 154 valence electrons. The van der Waals surface area contributed by atoms with Gasteiger partial charge in [0.2, 0.25) is 5.91 Å². The van der Waals surface area contributed by atoms with Gasteiger partial charge in [-0.05, 0) is 37.0 Å². The van der Waals surface area contributed by atoms with Crippen LogP contribution >= 0.6 is 11.3 Å². The standard InChI is InChI=1S/C21H22F2N2O3S/c22-16-3-1-14(17(23)11-16)12-24-20(26)13-2-4-18-15(9-13)10-19(29-18)21(27)25-5-7-28-8-6-25/h1,3,10-11,13H,2,4-9,12H2,(H,24,26). The number of benzene rings is 1. The molecular weight excluding hydrogens is 398 g/mol. The third-order valence-corrected chi connectivity index (χ3v) is 6.66. The highest BCUT2D eigenvalue weighted by atomic mass is 32.1. The van der Waals surface area contributed by atoms with E-state index in [0.717, 1.165) is 22.9 Å². The lowest BCUT2D eigenvalue weighted by molar-refractivity contribution is -0.125. The summed E-state index contributed by atoms with van der Waals surface area (Å²) in [4.78, 5) is 28.9. The zero-order chi connectivity index (χ0) is 20.4. The fraction of sp³-hybridized carbons (Fsp3) is 0.429. The molecule has 2 aliphatic rings. The van der Waals surface area contributed by atoms with Crippen molar-refractivity contribution in [2.24, 2.45) is 5.92 Å². The number of amides is 2. The molecule has 1 aromatic heterocycles. The Bertz CT molecular complexity index is 925. The van der Waals surface area contributed by atoms with Gasteiger partial charge in [-0.15, -0.1) is 11.3 Å². The van der Waals surface area contributed by atoms with Gasteiger partial charge in [0.1, 0.15) is 11.6 Å². The molecule has 1 fully saturated rings. The van der Waals surface area contributed by atoms with Crippen LogP contribution in [0.15, 0.2) is 24.3 Å². The van der Waals surface area contributed by atoms with E-state index in [-0.39, 0.29) is 29.8 Å². The van der Waals surface area contributed by atoms with Gasteiger partial charge in [0.05, 0.1) is 18.1 Å². The first kappa shape index (κ1) is 20.0. The summed E-state index contributed by atoms with van der Waals surface area (Å²) in [5.74, 6) is -1.64. The first-order chi connectivity index (χ1) is 14.0. The average Bonchev–Trinajstić information content (AvgIpc) is 3.16. The number of nitrogens with zero attached hydrogens (tertiary/aromatic N) is 1. The molecule has 2 aromatic rings. The molecule has 2 amide bonds. The van der Waals surface area contributed by atoms with Gasteiger partial charge >= 0.3 is 0 Å². The zero-order valence-corrected chi connectivity index (χ0v) is 16.7. The predicted molar refractivity (Wildman–Crippen MR) is 105 cm³/mol. The number of nitrogens with one attached hydrogen (secondary N) is 1. The second-order valence-corrected chi connectivity index (χ2v) is 8.49. The summed E-state index contributed by atoms with van der Waals surface area (Å²) in [5, 5.41) is 2.75. The highest BCUT2D eigenvalue weighted by molar-refractivity contribution is 7.14. The molecule has 5 nitrogen and oxygen atoms in total. The Labute approximate surface area is 171 Å². The monoisotopic (exact) mass is 420 g/mol. The van der Waals surface area contributed by atoms with Crippen LogP contribution in [0, 0.1) is 17.6 Å². The highest BCUT2D eigenvalue weighted by Crippen LogP contribution is 2.33. The molecule has 1 N–H and O–H groups in total. The smallest absolute Gasteiger partial charge is 0.264 e. The lowest BCUT2D eigenvalue weighted by Gasteiger charge is -2.26. The topological polar surface area (TPSA) is 58.6 Å². The molecule has 1 aliphatic heterocycles. The molecule has 1 aliphatic carbocycles. The lowest BCUT2D eigenvalue weighted by atomic mass is 9.87. The second kappa shape index (κ2) is 8.59. The van der Waals surface area contributed by atoms with Crippen LogP contribution in [0.2, 0.25) is 0 Å². The summed E-state index contributed by atoms with van der Waals surface area (Å²) in [7, 11) is 0. The number of thiophene rings is 1. The molecule has 0 radical (unpaired) electrons. The lowest BCUT2D eigenvalue weighted by Crippen LogP contribution is -2.40. The van der Waals surface area contributed by atoms with Crippen LogP contribution in [0.25, 0.3) is 0 Å². The van der Waals surface area contributed by atoms with Crippen molar-refractivity contribution in [2.45, 2.75) is 25.8 Å². The maximum atomic E-state index is 13.7. The van der Waals surface area contributed by atoms with Gasteiger partial charge in [0.15, 0.2) is 0 Å². The van der Waals surface area contributed by atoms with E-state index in [9.17, 15) is 18.4 Å². The van der Waals surface area contributed by atoms with Crippen molar-refractivity contribution in [3.8, 4) is 0 Å². The van der Waals surface area contributed by atoms with Crippen LogP contribution in [0.3, 0.4) is 0 Å². The highest BCUT2D eigenvalue weighted by Gasteiger charge is 2.29. The number of aryl methyl sites for hydroxylation is 1. The van der Waals surface area contributed by atoms with Crippen molar-refractivity contribution in [1.29, 1.82) is 0 Å². The minimum absolute atomic E-state index is 0.0265. The van der Waals surface area contributed by atoms with E-state index in [0.29, 0.717) is 44.0 Å². The van der Waals surface area contributed by atoms with E-state index in [1.807, 2.05) is 11.0 Å². The number of rotatable bonds is 4. The largest absolute Gasteiger partial charge is 0.378 e. The second-order valence-electron chi connectivity index (χ2n) is 7.36. The molecule has 0 spiro atoms. The number of hydrogen-bond donors (Lipinski definition) is 1. The average molecular weight is 420 g/mol. The van der Waals surface area contributed by atoms with Crippen molar-refractivity contribution < 1.29 is 23.1 Å². The van der Waals surface area contributed by atoms with Crippen molar-refractivity contribution in [3.63, 3.8) is 0 Å². The first-order valence-corrected chi connectivity index (χ1v) is 10.5. The summed E-state index contributed by atoms with van der Waals surface area (Å²) in [5.41, 5.74) is 1.30. The van der Waals surface area contributed by atoms with Crippen LogP contribution in [0.1, 0.15) is 32.1 Å². The van der Waals surface area contributed by atoms with E-state index in [2.05, 4.69) is 5.32 Å². The van der Waals surface area contributed by atoms with E-state index in [1.54, 1.807) is 0 Å². The Balaban J connectivity index is 1.37. The normalized spacial score (nSPS) is 19.0. The molecule has 1 atom stereocenters. The Morgan fingerprint density at radius 1 is 1.21 bits per heavy atom. The van der Waals surface area contributed by atoms with Crippen molar-refractivity contribution in [3.05, 3.63) is 56.8 Å². The maximum absolute atomic E-state index is 13.7. The molecular formula is C21H22F2N2O3S. The van der Waals surface area contributed by atoms with Crippen LogP contribution in [-0.4, -0.2) is 43.0 Å². The van der Waals surface area contributed by atoms with E-state index in [4.69, 9.17) is 4.74 Å². The van der Waals surface area contributed by atoms with Crippen molar-refractivity contribution in [2.75, 3.05) is 26.3 Å². The number of carbonyl (C=O) groups excluding carboxylic acids is 2. The maximum Gasteiger partial charge on any atom is 0.264 e. The van der Waals surface area contributed by atoms with Gasteiger partial charge in [-0.2, -0.15) is 0 Å². The number of halogens is 2. The van der Waals surface area contributed by atoms with E-state index >= 15 is 0 Å². The van der Waals surface area contributed by atoms with Gasteiger partial charge < -0.3 is 15.0 Å². The molecule has 2 heterocycles. The van der Waals surface area contributed by atoms with E-state index < -0.39 is 11.6 Å². The van der Waals surface area contributed by atoms with Gasteiger partial charge in [-0.1, -0.05) is 6.07 Å². The van der Waals surface area contributed by atoms with Crippen LogP contribution in [-0.2, 0) is 28.9 Å². The zero-order valence-electron chi connectivity index (χ0n) is 15.9. The van der Waals surface area contributed by atoms with Gasteiger partial charge in [0, 0.05) is 42.1 Å². The number of carbonyl (C=O) groups is 2. The number of fused-ring (bicyclic) bond motifs is 1. The molecule has 0 saturated carbocycles. The number of morpholine rings is 1. The quantitative estimate of drug-likeness (QED) is 0.828. The van der Waals surface area contributed by atoms with Gasteiger partial charge in [0.25, 0.3) is 5.91 Å². The molecule has 29 heavy (non-hydrogen) atoms. The molecule has 0 bridgehead atoms. The summed E-state index contributed by atoms with van der Waals surface area (Å²) in [6.45, 7) is 2.36. The van der Waals surface area contributed by atoms with Gasteiger partial charge in [-0.3, -0.25) is 9.59 Å². The number of hydrogen-bond acceptors (Lipinski definition) is 4. The van der Waals surface area contributed by atoms with Crippen LogP contribution in [0.5, 0.6) is 0 Å². The van der Waals surface area contributed by atoms with Crippen LogP contribution in [0.4, 0.5) is 8.78 Å². The summed E-state index contributed by atoms with van der Waals surface area (Å²) >= 11 is 1.52. The minimum Gasteiger partial charge on any atom is -0.378 e. The fourth-order valence-corrected chi connectivity index (χ4v) is 4.94. The molecule has 8 heteroatoms. The summed E-state index contributed by atoms with van der Waals surface area (Å²) < 4.78 is 32.0. The number of ether oxygens (including phenoxy) is 1. The molecule has 1 unspecified atom stereocenters. The Morgan fingerprint density at radius 3 is 2.76 bits per heavy atom. The molecule has 4 rings (SSSR count). The third kappa shape index (κ3) is 4.48. The Kier molecular flexibility index (Phi) is 5.91. The molecule has 1 aromatic carbocycles. The predicted octanol–water partition coefficient (Wildman–Crippen LogP) is 2.92. The van der Waals surface area contributed by atoms with Crippen molar-refractivity contribution in [1.82, 2.24) is 10.2 Å². The van der Waals surface area contributed by atoms with Gasteiger partial charge in [-0.25, -0.2) is 8.78 Å². The first-order valence-electron chi connectivity index (χ1n) is 9.71. The minimum atomic E-state index is -0.666. The summed E-state index contributed by atoms with van der Waals surface area (Å²) in [6.07, 6.45) is 2.01.